The molecule has 6 aromatic rings. The van der Waals surface area contributed by atoms with Gasteiger partial charge in [0.2, 0.25) is 5.91 Å². The zero-order valence-corrected chi connectivity index (χ0v) is 21.2. The van der Waals surface area contributed by atoms with Gasteiger partial charge in [0.25, 0.3) is 5.82 Å². The van der Waals surface area contributed by atoms with Crippen LogP contribution in [0.1, 0.15) is 6.92 Å². The molecule has 0 bridgehead atoms. The van der Waals surface area contributed by atoms with Crippen LogP contribution < -0.4 is 10.1 Å². The molecule has 0 aliphatic carbocycles. The number of tetrazole rings is 1. The average molecular weight is 510 g/mol. The molecule has 0 radical (unpaired) electrons. The minimum absolute atomic E-state index is 0.111. The molecule has 1 amide bonds. The Bertz CT molecular complexity index is 1720. The summed E-state index contributed by atoms with van der Waals surface area (Å²) in [6.45, 7) is 1.49. The van der Waals surface area contributed by atoms with E-state index in [1.54, 1.807) is 32.7 Å². The summed E-state index contributed by atoms with van der Waals surface area (Å²) in [5.41, 5.74) is 3.40. The van der Waals surface area contributed by atoms with E-state index in [0.29, 0.717) is 5.82 Å². The molecule has 0 atom stereocenters. The van der Waals surface area contributed by atoms with Gasteiger partial charge in [-0.25, -0.2) is 0 Å². The summed E-state index contributed by atoms with van der Waals surface area (Å²) in [5, 5.41) is 15.5. The minimum atomic E-state index is -0.111. The van der Waals surface area contributed by atoms with Crippen molar-refractivity contribution < 1.29 is 9.59 Å². The summed E-state index contributed by atoms with van der Waals surface area (Å²) in [6.07, 6.45) is 2.05. The van der Waals surface area contributed by atoms with Gasteiger partial charge in [-0.15, -0.1) is 11.8 Å². The number of fused-ring (bicyclic) bond motifs is 3. The predicted octanol–water partition coefficient (Wildman–Crippen LogP) is 5.65. The van der Waals surface area contributed by atoms with Gasteiger partial charge in [-0.3, -0.25) is 4.79 Å². The number of carbonyl (C=O) groups is 1. The van der Waals surface area contributed by atoms with E-state index < -0.39 is 0 Å². The number of thiazole rings is 1. The average Bonchev–Trinajstić information content (AvgIpc) is 3.54. The van der Waals surface area contributed by atoms with Crippen LogP contribution in [0.5, 0.6) is 0 Å². The largest absolute Gasteiger partial charge is 0.365 e. The highest BCUT2D eigenvalue weighted by Gasteiger charge is 2.25. The van der Waals surface area contributed by atoms with Crippen LogP contribution in [0.4, 0.5) is 5.69 Å². The molecule has 4 aromatic carbocycles. The van der Waals surface area contributed by atoms with Gasteiger partial charge < -0.3 is 5.32 Å². The van der Waals surface area contributed by atoms with E-state index >= 15 is 0 Å². The van der Waals surface area contributed by atoms with Crippen LogP contribution in [-0.4, -0.2) is 32.1 Å². The minimum Gasteiger partial charge on any atom is -0.326 e. The maximum atomic E-state index is 11.4. The lowest BCUT2D eigenvalue weighted by atomic mass is 10.1. The van der Waals surface area contributed by atoms with Crippen LogP contribution in [0.2, 0.25) is 0 Å². The van der Waals surface area contributed by atoms with Gasteiger partial charge in [0.05, 0.1) is 4.70 Å². The number of anilines is 1. The fourth-order valence-corrected chi connectivity index (χ4v) is 5.38. The maximum absolute atomic E-state index is 11.4. The summed E-state index contributed by atoms with van der Waals surface area (Å²) < 4.78 is 1.09. The summed E-state index contributed by atoms with van der Waals surface area (Å²) in [5.74, 6) is 0.447. The SMILES string of the molecule is CSc1ccc(-n2nc(-c3ccc(NC(C)=O)cc3)n[n+]2-c2nc3c(ccc4ccccc43)s2)cc1. The third kappa shape index (κ3) is 4.12. The van der Waals surface area contributed by atoms with Crippen molar-refractivity contribution in [1.82, 2.24) is 20.0 Å². The van der Waals surface area contributed by atoms with E-state index in [9.17, 15) is 4.79 Å². The van der Waals surface area contributed by atoms with Gasteiger partial charge in [-0.2, -0.15) is 0 Å². The summed E-state index contributed by atoms with van der Waals surface area (Å²) in [6, 6.07) is 28.2. The lowest BCUT2D eigenvalue weighted by Gasteiger charge is -2.01. The first-order valence-corrected chi connectivity index (χ1v) is 13.3. The van der Waals surface area contributed by atoms with Crippen LogP contribution in [0.25, 0.3) is 43.2 Å². The normalized spacial score (nSPS) is 11.3. The molecule has 2 heterocycles. The van der Waals surface area contributed by atoms with Gasteiger partial charge >= 0.3 is 5.13 Å². The predicted molar refractivity (Wildman–Crippen MR) is 145 cm³/mol. The number of nitrogens with one attached hydrogen (secondary N) is 1. The van der Waals surface area contributed by atoms with Gasteiger partial charge in [-0.1, -0.05) is 46.7 Å². The Morgan fingerprint density at radius 2 is 1.75 bits per heavy atom. The van der Waals surface area contributed by atoms with Crippen molar-refractivity contribution in [1.29, 1.82) is 0 Å². The number of thioether (sulfide) groups is 1. The standard InChI is InChI=1S/C27H20N6OS2/c1-17(34)28-20-10-7-19(8-11-20)26-30-32(21-12-14-22(35-2)15-13-21)33(31-26)27-29-25-23-6-4-3-5-18(23)9-16-24(25)36-27/h3-16H,1-2H3/p+1. The lowest BCUT2D eigenvalue weighted by Crippen LogP contribution is -2.43. The van der Waals surface area contributed by atoms with Gasteiger partial charge in [0, 0.05) is 33.6 Å². The Morgan fingerprint density at radius 1 is 0.972 bits per heavy atom. The van der Waals surface area contributed by atoms with Crippen LogP contribution in [0, 0.1) is 0 Å². The van der Waals surface area contributed by atoms with Crippen molar-refractivity contribution in [2.24, 2.45) is 0 Å². The molecule has 36 heavy (non-hydrogen) atoms. The second-order valence-electron chi connectivity index (χ2n) is 8.19. The molecule has 0 spiro atoms. The topological polar surface area (TPSA) is 76.6 Å². The van der Waals surface area contributed by atoms with Gasteiger partial charge in [0.15, 0.2) is 5.52 Å². The number of amides is 1. The Kier molecular flexibility index (Phi) is 5.71. The van der Waals surface area contributed by atoms with Crippen LogP contribution in [-0.2, 0) is 4.79 Å². The van der Waals surface area contributed by atoms with Crippen molar-refractivity contribution in [3.05, 3.63) is 84.9 Å². The van der Waals surface area contributed by atoms with E-state index in [0.717, 1.165) is 43.1 Å². The molecule has 2 aromatic heterocycles. The molecule has 9 heteroatoms. The molecule has 0 aliphatic rings. The fourth-order valence-electron chi connectivity index (χ4n) is 4.05. The number of hydrogen-bond acceptors (Lipinski definition) is 6. The number of carbonyl (C=O) groups excluding carboxylic acids is 1. The molecule has 0 saturated carbocycles. The first kappa shape index (κ1) is 22.4. The zero-order valence-electron chi connectivity index (χ0n) is 19.5. The highest BCUT2D eigenvalue weighted by molar-refractivity contribution is 7.98. The van der Waals surface area contributed by atoms with E-state index in [4.69, 9.17) is 15.2 Å². The Labute approximate surface area is 215 Å². The monoisotopic (exact) mass is 509 g/mol. The second-order valence-corrected chi connectivity index (χ2v) is 10.1. The van der Waals surface area contributed by atoms with Crippen molar-refractivity contribution in [3.63, 3.8) is 0 Å². The van der Waals surface area contributed by atoms with Crippen molar-refractivity contribution in [2.75, 3.05) is 11.6 Å². The van der Waals surface area contributed by atoms with Crippen molar-refractivity contribution in [3.8, 4) is 22.2 Å². The maximum Gasteiger partial charge on any atom is 0.365 e. The van der Waals surface area contributed by atoms with Crippen LogP contribution in [0.3, 0.4) is 0 Å². The van der Waals surface area contributed by atoms with E-state index in [1.165, 1.54) is 11.8 Å². The Morgan fingerprint density at radius 3 is 2.50 bits per heavy atom. The first-order chi connectivity index (χ1) is 17.6. The zero-order chi connectivity index (χ0) is 24.6. The summed E-state index contributed by atoms with van der Waals surface area (Å²) in [4.78, 5) is 21.1. The Balaban J connectivity index is 1.50. The molecule has 1 N–H and O–H groups in total. The highest BCUT2D eigenvalue weighted by Crippen LogP contribution is 2.29. The van der Waals surface area contributed by atoms with Crippen molar-refractivity contribution in [2.45, 2.75) is 11.8 Å². The lowest BCUT2D eigenvalue weighted by molar-refractivity contribution is -0.734. The van der Waals surface area contributed by atoms with Crippen LogP contribution in [0.15, 0.2) is 89.8 Å². The molecule has 6 rings (SSSR count). The quantitative estimate of drug-likeness (QED) is 0.240. The molecular weight excluding hydrogens is 488 g/mol. The highest BCUT2D eigenvalue weighted by atomic mass is 32.2. The number of aromatic nitrogens is 5. The number of hydrogen-bond donors (Lipinski definition) is 1. The summed E-state index contributed by atoms with van der Waals surface area (Å²) in [7, 11) is 0. The number of rotatable bonds is 5. The van der Waals surface area contributed by atoms with E-state index in [1.807, 2.05) is 48.5 Å². The number of nitrogens with zero attached hydrogens (tertiary/aromatic N) is 5. The molecule has 0 fully saturated rings. The van der Waals surface area contributed by atoms with Gasteiger partial charge in [-0.05, 0) is 80.9 Å². The molecule has 0 saturated heterocycles. The smallest absolute Gasteiger partial charge is 0.326 e. The van der Waals surface area contributed by atoms with Gasteiger partial charge in [0.1, 0.15) is 5.69 Å². The molecule has 0 unspecified atom stereocenters. The first-order valence-electron chi connectivity index (χ1n) is 11.3. The fraction of sp³-hybridized carbons (Fsp3) is 0.0741. The number of benzene rings is 4. The molecule has 0 aliphatic heterocycles. The molecule has 176 valence electrons. The summed E-state index contributed by atoms with van der Waals surface area (Å²) >= 11 is 3.27. The van der Waals surface area contributed by atoms with E-state index in [-0.39, 0.29) is 5.91 Å². The van der Waals surface area contributed by atoms with Crippen LogP contribution >= 0.6 is 23.1 Å². The van der Waals surface area contributed by atoms with E-state index in [2.05, 4.69) is 48.0 Å². The van der Waals surface area contributed by atoms with Crippen molar-refractivity contribution >= 4 is 55.7 Å². The third-order valence-electron chi connectivity index (χ3n) is 5.77. The second kappa shape index (κ2) is 9.18. The third-order valence-corrected chi connectivity index (χ3v) is 7.50. The molecular formula is C27H21N6OS2+. The molecule has 7 nitrogen and oxygen atoms in total. The Hall–Kier alpha value is -4.08.